The highest BCUT2D eigenvalue weighted by atomic mass is 16.2. The number of amides is 2. The van der Waals surface area contributed by atoms with Crippen molar-refractivity contribution >= 4 is 11.8 Å². The molecule has 2 rings (SSSR count). The van der Waals surface area contributed by atoms with Gasteiger partial charge in [0.2, 0.25) is 11.8 Å². The topological polar surface area (TPSA) is 55.9 Å². The number of hydrogen-bond acceptors (Lipinski definition) is 4. The van der Waals surface area contributed by atoms with Crippen molar-refractivity contribution in [2.45, 2.75) is 84.7 Å². The van der Waals surface area contributed by atoms with E-state index in [1.165, 1.54) is 12.8 Å². The Bertz CT molecular complexity index is 556. The fraction of sp³-hybridized carbons (Fsp3) is 0.920. The maximum absolute atomic E-state index is 13.6. The Kier molecular flexibility index (Phi) is 10.8. The first-order chi connectivity index (χ1) is 14.7. The van der Waals surface area contributed by atoms with E-state index in [-0.39, 0.29) is 23.9 Å². The number of piperazine rings is 1. The van der Waals surface area contributed by atoms with Gasteiger partial charge in [-0.1, -0.05) is 27.7 Å². The molecule has 0 radical (unpaired) electrons. The molecule has 2 fully saturated rings. The minimum atomic E-state index is -0.304. The van der Waals surface area contributed by atoms with Crippen LogP contribution in [0.1, 0.15) is 72.6 Å². The zero-order chi connectivity index (χ0) is 23.0. The van der Waals surface area contributed by atoms with Crippen molar-refractivity contribution in [1.29, 1.82) is 0 Å². The molecule has 2 heterocycles. The second-order valence-electron chi connectivity index (χ2n) is 10.9. The molecule has 2 saturated heterocycles. The van der Waals surface area contributed by atoms with Crippen LogP contribution < -0.4 is 5.32 Å². The van der Waals surface area contributed by atoms with E-state index < -0.39 is 0 Å². The van der Waals surface area contributed by atoms with Gasteiger partial charge in [0.05, 0.1) is 6.04 Å². The lowest BCUT2D eigenvalue weighted by atomic mass is 9.91. The fourth-order valence-electron chi connectivity index (χ4n) is 4.95. The van der Waals surface area contributed by atoms with Crippen LogP contribution in [0.15, 0.2) is 0 Å². The number of rotatable bonds is 11. The molecule has 2 atom stereocenters. The molecule has 6 heteroatoms. The van der Waals surface area contributed by atoms with Crippen molar-refractivity contribution in [3.05, 3.63) is 0 Å². The molecule has 2 amide bonds. The summed E-state index contributed by atoms with van der Waals surface area (Å²) in [5.74, 6) is 2.00. The molecular weight excluding hydrogens is 388 g/mol. The van der Waals surface area contributed by atoms with Gasteiger partial charge in [-0.05, 0) is 83.3 Å². The first-order valence-electron chi connectivity index (χ1n) is 12.7. The van der Waals surface area contributed by atoms with Gasteiger partial charge in [0.1, 0.15) is 6.04 Å². The minimum absolute atomic E-state index is 0.129. The van der Waals surface area contributed by atoms with Crippen LogP contribution in [-0.2, 0) is 9.59 Å². The van der Waals surface area contributed by atoms with Crippen LogP contribution in [0.4, 0.5) is 0 Å². The predicted molar refractivity (Wildman–Crippen MR) is 128 cm³/mol. The third kappa shape index (κ3) is 8.38. The third-order valence-corrected chi connectivity index (χ3v) is 6.86. The Balaban J connectivity index is 1.97. The van der Waals surface area contributed by atoms with Gasteiger partial charge in [0.25, 0.3) is 0 Å². The zero-order valence-electron chi connectivity index (χ0n) is 21.0. The van der Waals surface area contributed by atoms with Crippen LogP contribution in [0, 0.1) is 17.8 Å². The van der Waals surface area contributed by atoms with Gasteiger partial charge in [-0.3, -0.25) is 9.59 Å². The molecule has 1 N–H and O–H groups in total. The number of likely N-dealkylation sites (tertiary alicyclic amines) is 1. The highest BCUT2D eigenvalue weighted by Gasteiger charge is 2.38. The predicted octanol–water partition coefficient (Wildman–Crippen LogP) is 3.22. The summed E-state index contributed by atoms with van der Waals surface area (Å²) in [5.41, 5.74) is 0. The Morgan fingerprint density at radius 3 is 2.32 bits per heavy atom. The highest BCUT2D eigenvalue weighted by Crippen LogP contribution is 2.25. The summed E-state index contributed by atoms with van der Waals surface area (Å²) in [6, 6.07) is -0.442. The SMILES string of the molecule is CC(C)CC[C@@H]1NCCN([C@@H](CC(C)C)C(=O)N2CCC(CCCN(C)C)CC2)C1=O. The average molecular weight is 437 g/mol. The maximum atomic E-state index is 13.6. The number of nitrogens with zero attached hydrogens (tertiary/aromatic N) is 3. The molecule has 0 aromatic heterocycles. The molecular formula is C25H48N4O2. The van der Waals surface area contributed by atoms with Gasteiger partial charge in [0.15, 0.2) is 0 Å². The second-order valence-corrected chi connectivity index (χ2v) is 10.9. The summed E-state index contributed by atoms with van der Waals surface area (Å²) >= 11 is 0. The molecule has 0 spiro atoms. The van der Waals surface area contributed by atoms with Crippen LogP contribution in [0.3, 0.4) is 0 Å². The molecule has 0 saturated carbocycles. The van der Waals surface area contributed by atoms with Crippen molar-refractivity contribution in [2.24, 2.45) is 17.8 Å². The Hall–Kier alpha value is -1.14. The quantitative estimate of drug-likeness (QED) is 0.540. The molecule has 6 nitrogen and oxygen atoms in total. The summed E-state index contributed by atoms with van der Waals surface area (Å²) in [6.07, 6.45) is 7.32. The average Bonchev–Trinajstić information content (AvgIpc) is 2.71. The van der Waals surface area contributed by atoms with E-state index in [2.05, 4.69) is 52.0 Å². The summed E-state index contributed by atoms with van der Waals surface area (Å²) < 4.78 is 0. The molecule has 180 valence electrons. The summed E-state index contributed by atoms with van der Waals surface area (Å²) in [5, 5.41) is 3.39. The molecule has 0 aliphatic carbocycles. The van der Waals surface area contributed by atoms with E-state index >= 15 is 0 Å². The standard InChI is InChI=1S/C25H48N4O2/c1-19(2)9-10-22-24(30)29(17-13-26-22)23(18-20(3)4)25(31)28-15-11-21(12-16-28)8-7-14-27(5)6/h19-23,26H,7-18H2,1-6H3/t22-,23-/m0/s1. The Labute approximate surface area is 191 Å². The van der Waals surface area contributed by atoms with Crippen LogP contribution in [0.2, 0.25) is 0 Å². The number of nitrogens with one attached hydrogen (secondary N) is 1. The van der Waals surface area contributed by atoms with Crippen molar-refractivity contribution in [2.75, 3.05) is 46.8 Å². The number of piperidine rings is 1. The Morgan fingerprint density at radius 2 is 1.74 bits per heavy atom. The van der Waals surface area contributed by atoms with Crippen molar-refractivity contribution in [1.82, 2.24) is 20.0 Å². The van der Waals surface area contributed by atoms with E-state index in [1.54, 1.807) is 0 Å². The first kappa shape index (κ1) is 26.1. The van der Waals surface area contributed by atoms with Gasteiger partial charge in [-0.15, -0.1) is 0 Å². The van der Waals surface area contributed by atoms with E-state index in [4.69, 9.17) is 0 Å². The highest BCUT2D eigenvalue weighted by molar-refractivity contribution is 5.90. The second kappa shape index (κ2) is 12.8. The van der Waals surface area contributed by atoms with E-state index in [0.717, 1.165) is 64.2 Å². The minimum Gasteiger partial charge on any atom is -0.341 e. The van der Waals surface area contributed by atoms with Gasteiger partial charge in [0, 0.05) is 26.2 Å². The summed E-state index contributed by atoms with van der Waals surface area (Å²) in [7, 11) is 4.25. The molecule has 0 unspecified atom stereocenters. The van der Waals surface area contributed by atoms with Crippen LogP contribution >= 0.6 is 0 Å². The molecule has 0 aromatic carbocycles. The molecule has 2 aliphatic heterocycles. The summed E-state index contributed by atoms with van der Waals surface area (Å²) in [4.78, 5) is 33.0. The molecule has 2 aliphatic rings. The van der Waals surface area contributed by atoms with Gasteiger partial charge >= 0.3 is 0 Å². The van der Waals surface area contributed by atoms with Crippen LogP contribution in [0.25, 0.3) is 0 Å². The normalized spacial score (nSPS) is 22.1. The van der Waals surface area contributed by atoms with E-state index in [0.29, 0.717) is 18.4 Å². The smallest absolute Gasteiger partial charge is 0.245 e. The largest absolute Gasteiger partial charge is 0.341 e. The van der Waals surface area contributed by atoms with Gasteiger partial charge < -0.3 is 20.0 Å². The molecule has 0 aromatic rings. The van der Waals surface area contributed by atoms with Crippen molar-refractivity contribution < 1.29 is 9.59 Å². The lowest BCUT2D eigenvalue weighted by Gasteiger charge is -2.42. The number of carbonyl (C=O) groups excluding carboxylic acids is 2. The van der Waals surface area contributed by atoms with Gasteiger partial charge in [-0.25, -0.2) is 0 Å². The molecule has 0 bridgehead atoms. The monoisotopic (exact) mass is 436 g/mol. The van der Waals surface area contributed by atoms with Crippen molar-refractivity contribution in [3.63, 3.8) is 0 Å². The van der Waals surface area contributed by atoms with Crippen LogP contribution in [0.5, 0.6) is 0 Å². The van der Waals surface area contributed by atoms with E-state index in [1.807, 2.05) is 9.80 Å². The van der Waals surface area contributed by atoms with Crippen LogP contribution in [-0.4, -0.2) is 85.4 Å². The van der Waals surface area contributed by atoms with E-state index in [9.17, 15) is 9.59 Å². The molecule has 31 heavy (non-hydrogen) atoms. The number of hydrogen-bond donors (Lipinski definition) is 1. The van der Waals surface area contributed by atoms with Gasteiger partial charge in [-0.2, -0.15) is 0 Å². The maximum Gasteiger partial charge on any atom is 0.245 e. The van der Waals surface area contributed by atoms with Crippen molar-refractivity contribution in [3.8, 4) is 0 Å². The lowest BCUT2D eigenvalue weighted by molar-refractivity contribution is -0.150. The number of carbonyl (C=O) groups is 2. The Morgan fingerprint density at radius 1 is 1.06 bits per heavy atom. The summed E-state index contributed by atoms with van der Waals surface area (Å²) in [6.45, 7) is 12.9. The zero-order valence-corrected chi connectivity index (χ0v) is 21.0. The third-order valence-electron chi connectivity index (χ3n) is 6.86. The fourth-order valence-corrected chi connectivity index (χ4v) is 4.95. The first-order valence-corrected chi connectivity index (χ1v) is 12.7. The lowest BCUT2D eigenvalue weighted by Crippen LogP contribution is -2.62.